The fourth-order valence-corrected chi connectivity index (χ4v) is 6.30. The molecule has 2 amide bonds. The summed E-state index contributed by atoms with van der Waals surface area (Å²) >= 11 is 0. The lowest BCUT2D eigenvalue weighted by atomic mass is 9.53. The highest BCUT2D eigenvalue weighted by molar-refractivity contribution is 5.93. The van der Waals surface area contributed by atoms with Crippen molar-refractivity contribution < 1.29 is 4.79 Å². The molecule has 4 saturated carbocycles. The van der Waals surface area contributed by atoms with E-state index in [4.69, 9.17) is 0 Å². The highest BCUT2D eigenvalue weighted by Gasteiger charge is 2.51. The molecule has 23 heavy (non-hydrogen) atoms. The van der Waals surface area contributed by atoms with Crippen molar-refractivity contribution in [2.75, 3.05) is 11.4 Å². The van der Waals surface area contributed by atoms with Gasteiger partial charge in [0.1, 0.15) is 0 Å². The van der Waals surface area contributed by atoms with Gasteiger partial charge in [-0.3, -0.25) is 4.90 Å². The van der Waals surface area contributed by atoms with Crippen LogP contribution in [0, 0.1) is 17.8 Å². The zero-order chi connectivity index (χ0) is 15.4. The average molecular weight is 310 g/mol. The van der Waals surface area contributed by atoms with E-state index in [-0.39, 0.29) is 11.6 Å². The quantitative estimate of drug-likeness (QED) is 0.831. The lowest BCUT2D eigenvalue weighted by Crippen LogP contribution is -2.62. The van der Waals surface area contributed by atoms with Crippen LogP contribution in [0.15, 0.2) is 24.3 Å². The number of hydrogen-bond donors (Lipinski definition) is 1. The van der Waals surface area contributed by atoms with Gasteiger partial charge in [0.05, 0.1) is 0 Å². The molecule has 1 aliphatic heterocycles. The van der Waals surface area contributed by atoms with E-state index in [0.29, 0.717) is 0 Å². The highest BCUT2D eigenvalue weighted by Crippen LogP contribution is 2.55. The van der Waals surface area contributed by atoms with E-state index in [9.17, 15) is 4.79 Å². The summed E-state index contributed by atoms with van der Waals surface area (Å²) < 4.78 is 0. The van der Waals surface area contributed by atoms with Crippen molar-refractivity contribution in [1.29, 1.82) is 0 Å². The molecule has 4 fully saturated rings. The third-order valence-corrected chi connectivity index (χ3v) is 6.77. The Kier molecular flexibility index (Phi) is 3.01. The van der Waals surface area contributed by atoms with E-state index in [1.807, 2.05) is 4.90 Å². The number of nitrogens with zero attached hydrogens (tertiary/aromatic N) is 1. The Morgan fingerprint density at radius 2 is 1.70 bits per heavy atom. The molecule has 1 heterocycles. The summed E-state index contributed by atoms with van der Waals surface area (Å²) in [7, 11) is 0. The molecule has 1 aromatic rings. The second kappa shape index (κ2) is 4.99. The first-order valence-electron chi connectivity index (χ1n) is 9.38. The van der Waals surface area contributed by atoms with Gasteiger partial charge in [0, 0.05) is 17.8 Å². The first kappa shape index (κ1) is 13.9. The van der Waals surface area contributed by atoms with Crippen LogP contribution in [-0.2, 0) is 6.42 Å². The van der Waals surface area contributed by atoms with Gasteiger partial charge in [-0.05, 0) is 80.8 Å². The number of carbonyl (C=O) groups excluding carboxylic acids is 1. The monoisotopic (exact) mass is 310 g/mol. The number of para-hydroxylation sites is 1. The molecule has 3 nitrogen and oxygen atoms in total. The van der Waals surface area contributed by atoms with Crippen molar-refractivity contribution in [3.05, 3.63) is 29.8 Å². The van der Waals surface area contributed by atoms with Gasteiger partial charge in [-0.2, -0.15) is 0 Å². The number of rotatable bonds is 1. The normalized spacial score (nSPS) is 37.6. The number of hydrogen-bond acceptors (Lipinski definition) is 1. The Morgan fingerprint density at radius 1 is 1.04 bits per heavy atom. The molecule has 6 rings (SSSR count). The largest absolute Gasteiger partial charge is 0.332 e. The van der Waals surface area contributed by atoms with Crippen LogP contribution in [0.3, 0.4) is 0 Å². The predicted molar refractivity (Wildman–Crippen MR) is 91.5 cm³/mol. The number of anilines is 1. The number of urea groups is 1. The standard InChI is InChI=1S/C20H26N2O/c23-19(22-7-3-5-17-4-1-2-6-18(17)22)21-20-11-14-8-15(12-20)10-16(9-14)13-20/h1-2,4,6,14-16H,3,5,7-13H2,(H,21,23). The Morgan fingerprint density at radius 3 is 2.39 bits per heavy atom. The first-order valence-corrected chi connectivity index (χ1v) is 9.38. The van der Waals surface area contributed by atoms with Gasteiger partial charge in [0.15, 0.2) is 0 Å². The lowest BCUT2D eigenvalue weighted by Gasteiger charge is -2.57. The molecule has 1 aromatic carbocycles. The van der Waals surface area contributed by atoms with Crippen LogP contribution < -0.4 is 10.2 Å². The first-order chi connectivity index (χ1) is 11.2. The maximum absolute atomic E-state index is 13.1. The minimum atomic E-state index is 0.109. The summed E-state index contributed by atoms with van der Waals surface area (Å²) in [5.74, 6) is 2.61. The molecule has 0 aromatic heterocycles. The summed E-state index contributed by atoms with van der Waals surface area (Å²) in [6, 6.07) is 8.56. The highest BCUT2D eigenvalue weighted by atomic mass is 16.2. The van der Waals surface area contributed by atoms with Gasteiger partial charge in [0.2, 0.25) is 0 Å². The molecule has 1 N–H and O–H groups in total. The smallest absolute Gasteiger partial charge is 0.322 e. The summed E-state index contributed by atoms with van der Waals surface area (Å²) in [5.41, 5.74) is 2.55. The second-order valence-corrected chi connectivity index (χ2v) is 8.51. The summed E-state index contributed by atoms with van der Waals surface area (Å²) in [6.45, 7) is 0.856. The number of aryl methyl sites for hydroxylation is 1. The molecule has 0 spiro atoms. The van der Waals surface area contributed by atoms with E-state index in [2.05, 4.69) is 29.6 Å². The van der Waals surface area contributed by atoms with Gasteiger partial charge in [-0.25, -0.2) is 4.79 Å². The van der Waals surface area contributed by atoms with Gasteiger partial charge >= 0.3 is 6.03 Å². The zero-order valence-electron chi connectivity index (χ0n) is 13.8. The van der Waals surface area contributed by atoms with Crippen molar-refractivity contribution in [2.24, 2.45) is 17.8 Å². The summed E-state index contributed by atoms with van der Waals surface area (Å²) in [4.78, 5) is 15.1. The van der Waals surface area contributed by atoms with Crippen LogP contribution in [-0.4, -0.2) is 18.1 Å². The topological polar surface area (TPSA) is 32.3 Å². The maximum Gasteiger partial charge on any atom is 0.322 e. The van der Waals surface area contributed by atoms with Crippen molar-refractivity contribution >= 4 is 11.7 Å². The van der Waals surface area contributed by atoms with Gasteiger partial charge < -0.3 is 5.32 Å². The molecule has 0 saturated heterocycles. The average Bonchev–Trinajstić information content (AvgIpc) is 2.52. The fraction of sp³-hybridized carbons (Fsp3) is 0.650. The number of nitrogens with one attached hydrogen (secondary N) is 1. The van der Waals surface area contributed by atoms with Gasteiger partial charge in [-0.15, -0.1) is 0 Å². The van der Waals surface area contributed by atoms with Gasteiger partial charge in [0.25, 0.3) is 0 Å². The predicted octanol–water partition coefficient (Wildman–Crippen LogP) is 4.12. The molecule has 122 valence electrons. The van der Waals surface area contributed by atoms with Crippen LogP contribution in [0.25, 0.3) is 0 Å². The number of carbonyl (C=O) groups is 1. The number of benzene rings is 1. The second-order valence-electron chi connectivity index (χ2n) is 8.51. The molecule has 3 heteroatoms. The van der Waals surface area contributed by atoms with Crippen LogP contribution in [0.5, 0.6) is 0 Å². The SMILES string of the molecule is O=C(NC12CC3CC(CC(C3)C1)C2)N1CCCc2ccccc21. The van der Waals surface area contributed by atoms with Crippen LogP contribution in [0.4, 0.5) is 10.5 Å². The zero-order valence-corrected chi connectivity index (χ0v) is 13.8. The third-order valence-electron chi connectivity index (χ3n) is 6.77. The van der Waals surface area contributed by atoms with Crippen molar-refractivity contribution in [3.63, 3.8) is 0 Å². The molecule has 4 aliphatic carbocycles. The minimum absolute atomic E-state index is 0.109. The Bertz CT molecular complexity index is 603. The number of fused-ring (bicyclic) bond motifs is 1. The van der Waals surface area contributed by atoms with Crippen molar-refractivity contribution in [1.82, 2.24) is 5.32 Å². The maximum atomic E-state index is 13.1. The van der Waals surface area contributed by atoms with E-state index >= 15 is 0 Å². The molecule has 4 bridgehead atoms. The van der Waals surface area contributed by atoms with Crippen LogP contribution >= 0.6 is 0 Å². The van der Waals surface area contributed by atoms with E-state index in [1.54, 1.807) is 0 Å². The fourth-order valence-electron chi connectivity index (χ4n) is 6.30. The molecule has 5 aliphatic rings. The van der Waals surface area contributed by atoms with E-state index in [0.717, 1.165) is 42.8 Å². The summed E-state index contributed by atoms with van der Waals surface area (Å²) in [5, 5.41) is 3.52. The number of amides is 2. The molecular weight excluding hydrogens is 284 g/mol. The lowest BCUT2D eigenvalue weighted by molar-refractivity contribution is -0.0131. The van der Waals surface area contributed by atoms with Crippen molar-refractivity contribution in [2.45, 2.75) is 56.9 Å². The minimum Gasteiger partial charge on any atom is -0.332 e. The van der Waals surface area contributed by atoms with Gasteiger partial charge in [-0.1, -0.05) is 18.2 Å². The Labute approximate surface area is 138 Å². The molecule has 0 radical (unpaired) electrons. The van der Waals surface area contributed by atoms with E-state index < -0.39 is 0 Å². The third kappa shape index (κ3) is 2.28. The molecule has 0 unspecified atom stereocenters. The van der Waals surface area contributed by atoms with Crippen LogP contribution in [0.2, 0.25) is 0 Å². The molecule has 0 atom stereocenters. The Hall–Kier alpha value is -1.51. The van der Waals surface area contributed by atoms with E-state index in [1.165, 1.54) is 44.1 Å². The summed E-state index contributed by atoms with van der Waals surface area (Å²) in [6.07, 6.45) is 10.1. The van der Waals surface area contributed by atoms with Crippen molar-refractivity contribution in [3.8, 4) is 0 Å². The van der Waals surface area contributed by atoms with Crippen LogP contribution in [0.1, 0.15) is 50.5 Å². The Balaban J connectivity index is 1.38. The molecular formula is C20H26N2O.